The van der Waals surface area contributed by atoms with E-state index in [1.54, 1.807) is 6.26 Å². The topological polar surface area (TPSA) is 252 Å². The number of aromatic nitrogens is 8. The summed E-state index contributed by atoms with van der Waals surface area (Å²) < 4.78 is 66.6. The third-order valence-electron chi connectivity index (χ3n) is 7.26. The van der Waals surface area contributed by atoms with Gasteiger partial charge < -0.3 is 40.0 Å². The van der Waals surface area contributed by atoms with Crippen LogP contribution >= 0.6 is 26.8 Å². The first-order chi connectivity index (χ1) is 21.1. The lowest BCUT2D eigenvalue weighted by Gasteiger charge is -2.27. The minimum absolute atomic E-state index is 0.0808. The van der Waals surface area contributed by atoms with Gasteiger partial charge in [-0.2, -0.15) is 0 Å². The maximum Gasteiger partial charge on any atom is 0.472 e. The zero-order chi connectivity index (χ0) is 30.7. The second-order valence-electron chi connectivity index (χ2n) is 9.84. The number of ether oxygens (including phenoxy) is 2. The number of fused-ring (bicyclic) bond motifs is 5. The standard InChI is InChI=1S/C21H25FN10O9P2S/c1-44-42-36-2-9-14(10(22)20(39-9)31-6-29-11-16(23)25-4-27-18(11)31)41-43(34,35)37-3-8-13(33)15(40-42)21(38-8)32-7-30-12-17(24)26-5-28-19(12)32/h4-10,13-15,20-21,33H,2-3H2,1H3,(H,34,35)(H2,23,25,27)(H2,24,26,28). The molecule has 3 saturated heterocycles. The molecule has 0 aromatic carbocycles. The molecule has 0 amide bonds. The number of rotatable bonds is 3. The highest BCUT2D eigenvalue weighted by Crippen LogP contribution is 2.56. The largest absolute Gasteiger partial charge is 0.472 e. The van der Waals surface area contributed by atoms with Crippen LogP contribution in [0, 0.1) is 0 Å². The first kappa shape index (κ1) is 30.0. The molecule has 6 N–H and O–H groups in total. The van der Waals surface area contributed by atoms with Crippen LogP contribution in [-0.4, -0.2) is 105 Å². The number of halogens is 1. The molecule has 10 unspecified atom stereocenters. The first-order valence-corrected chi connectivity index (χ1v) is 17.4. The van der Waals surface area contributed by atoms with Crippen molar-refractivity contribution in [2.24, 2.45) is 0 Å². The minimum atomic E-state index is -4.96. The predicted octanol–water partition coefficient (Wildman–Crippen LogP) is 0.832. The van der Waals surface area contributed by atoms with Crippen molar-refractivity contribution in [2.75, 3.05) is 30.9 Å². The van der Waals surface area contributed by atoms with Gasteiger partial charge in [-0.25, -0.2) is 38.9 Å². The summed E-state index contributed by atoms with van der Waals surface area (Å²) in [5, 5.41) is 11.2. The number of hydrogen-bond acceptors (Lipinski definition) is 17. The van der Waals surface area contributed by atoms with E-state index in [1.165, 1.54) is 45.8 Å². The molecule has 44 heavy (non-hydrogen) atoms. The number of aliphatic hydroxyl groups excluding tert-OH is 1. The highest BCUT2D eigenvalue weighted by molar-refractivity contribution is 8.52. The summed E-state index contributed by atoms with van der Waals surface area (Å²) in [6, 6.07) is 0. The Morgan fingerprint density at radius 1 is 0.955 bits per heavy atom. The van der Waals surface area contributed by atoms with Crippen LogP contribution in [0.5, 0.6) is 0 Å². The van der Waals surface area contributed by atoms with E-state index in [9.17, 15) is 14.6 Å². The third-order valence-corrected chi connectivity index (χ3v) is 10.8. The number of aliphatic hydroxyl groups is 1. The summed E-state index contributed by atoms with van der Waals surface area (Å²) in [6.45, 7) is -0.943. The molecule has 19 nitrogen and oxygen atoms in total. The SMILES string of the molecule is CSP1OCC2OC(n3cnc4c(N)ncnc43)C(F)C2OP(=O)(O)OCC2OC(n3cnc4c(N)ncnc43)C(O1)C2O. The van der Waals surface area contributed by atoms with Gasteiger partial charge in [0.2, 0.25) is 7.58 Å². The van der Waals surface area contributed by atoms with Crippen molar-refractivity contribution in [3.63, 3.8) is 0 Å². The van der Waals surface area contributed by atoms with Crippen molar-refractivity contribution in [1.82, 2.24) is 39.0 Å². The molecule has 7 heterocycles. The van der Waals surface area contributed by atoms with Crippen LogP contribution in [0.25, 0.3) is 22.3 Å². The molecule has 0 spiro atoms. The number of nitrogen functional groups attached to an aromatic ring is 2. The smallest absolute Gasteiger partial charge is 0.387 e. The zero-order valence-electron chi connectivity index (χ0n) is 22.5. The second kappa shape index (κ2) is 11.6. The van der Waals surface area contributed by atoms with Crippen LogP contribution in [0.4, 0.5) is 16.0 Å². The molecule has 0 radical (unpaired) electrons. The van der Waals surface area contributed by atoms with E-state index >= 15 is 4.39 Å². The quantitative estimate of drug-likeness (QED) is 0.220. The van der Waals surface area contributed by atoms with Gasteiger partial charge in [-0.15, -0.1) is 0 Å². The van der Waals surface area contributed by atoms with Crippen LogP contribution in [0.1, 0.15) is 12.5 Å². The Morgan fingerprint density at radius 2 is 1.57 bits per heavy atom. The van der Waals surface area contributed by atoms with Gasteiger partial charge in [0.1, 0.15) is 54.2 Å². The Balaban J connectivity index is 1.19. The Morgan fingerprint density at radius 3 is 2.20 bits per heavy atom. The highest BCUT2D eigenvalue weighted by Gasteiger charge is 2.53. The van der Waals surface area contributed by atoms with E-state index in [-0.39, 0.29) is 29.4 Å². The van der Waals surface area contributed by atoms with E-state index in [4.69, 9.17) is 39.0 Å². The second-order valence-corrected chi connectivity index (χ2v) is 14.5. The number of phosphoric ester groups is 1. The van der Waals surface area contributed by atoms with Crippen molar-refractivity contribution >= 4 is 60.7 Å². The number of hydrogen-bond donors (Lipinski definition) is 4. The molecule has 0 aliphatic carbocycles. The fraction of sp³-hybridized carbons (Fsp3) is 0.524. The summed E-state index contributed by atoms with van der Waals surface area (Å²) in [5.74, 6) is 0.215. The third kappa shape index (κ3) is 5.21. The van der Waals surface area contributed by atoms with E-state index in [0.717, 1.165) is 0 Å². The summed E-state index contributed by atoms with van der Waals surface area (Å²) in [4.78, 5) is 35.2. The van der Waals surface area contributed by atoms with Gasteiger partial charge in [-0.1, -0.05) is 11.4 Å². The number of nitrogens with two attached hydrogens (primary N) is 2. The molecule has 3 fully saturated rings. The fourth-order valence-electron chi connectivity index (χ4n) is 5.20. The Kier molecular flexibility index (Phi) is 7.91. The molecule has 0 saturated carbocycles. The van der Waals surface area contributed by atoms with Crippen LogP contribution in [-0.2, 0) is 32.1 Å². The summed E-state index contributed by atoms with van der Waals surface area (Å²) >= 11 is 1.20. The number of imidazole rings is 2. The predicted molar refractivity (Wildman–Crippen MR) is 150 cm³/mol. The van der Waals surface area contributed by atoms with Crippen molar-refractivity contribution in [1.29, 1.82) is 0 Å². The van der Waals surface area contributed by atoms with Gasteiger partial charge >= 0.3 is 7.82 Å². The van der Waals surface area contributed by atoms with Gasteiger partial charge in [0.15, 0.2) is 41.6 Å². The zero-order valence-corrected chi connectivity index (χ0v) is 25.1. The molecule has 7 rings (SSSR count). The van der Waals surface area contributed by atoms with Crippen molar-refractivity contribution < 1.29 is 46.5 Å². The molecule has 23 heteroatoms. The summed E-state index contributed by atoms with van der Waals surface area (Å²) in [6.07, 6.45) is -4.04. The van der Waals surface area contributed by atoms with Gasteiger partial charge in [0, 0.05) is 0 Å². The molecule has 2 bridgehead atoms. The fourth-order valence-corrected chi connectivity index (χ4v) is 8.16. The van der Waals surface area contributed by atoms with Crippen LogP contribution in [0.15, 0.2) is 25.3 Å². The molecular weight excluding hydrogens is 649 g/mol. The van der Waals surface area contributed by atoms with Gasteiger partial charge in [-0.05, 0) is 6.26 Å². The van der Waals surface area contributed by atoms with E-state index < -0.39 is 71.2 Å². The van der Waals surface area contributed by atoms with Crippen molar-refractivity contribution in [3.05, 3.63) is 25.3 Å². The van der Waals surface area contributed by atoms with Gasteiger partial charge in [0.25, 0.3) is 0 Å². The van der Waals surface area contributed by atoms with E-state index in [2.05, 4.69) is 29.9 Å². The summed E-state index contributed by atoms with van der Waals surface area (Å²) in [7, 11) is -6.78. The molecule has 3 aliphatic rings. The van der Waals surface area contributed by atoms with E-state index in [1.807, 2.05) is 0 Å². The lowest BCUT2D eigenvalue weighted by atomic mass is 10.1. The summed E-state index contributed by atoms with van der Waals surface area (Å²) in [5.41, 5.74) is 12.8. The van der Waals surface area contributed by atoms with Gasteiger partial charge in [0.05, 0.1) is 25.9 Å². The Labute approximate surface area is 251 Å². The molecule has 4 aromatic heterocycles. The molecule has 236 valence electrons. The minimum Gasteiger partial charge on any atom is -0.387 e. The van der Waals surface area contributed by atoms with Crippen molar-refractivity contribution in [3.8, 4) is 0 Å². The van der Waals surface area contributed by atoms with Gasteiger partial charge in [-0.3, -0.25) is 18.2 Å². The average Bonchev–Trinajstić information content (AvgIpc) is 3.76. The van der Waals surface area contributed by atoms with Crippen LogP contribution in [0.2, 0.25) is 0 Å². The Bertz CT molecular complexity index is 1740. The molecular formula is C21H25FN10O9P2S. The molecule has 3 aliphatic heterocycles. The number of phosphoric acid groups is 1. The first-order valence-electron chi connectivity index (χ1n) is 12.9. The maximum atomic E-state index is 16.0. The van der Waals surface area contributed by atoms with Crippen LogP contribution in [0.3, 0.4) is 0 Å². The lowest BCUT2D eigenvalue weighted by Crippen LogP contribution is -2.35. The number of alkyl halides is 1. The monoisotopic (exact) mass is 674 g/mol. The highest BCUT2D eigenvalue weighted by atomic mass is 32.7. The Hall–Kier alpha value is -2.68. The normalized spacial score (nSPS) is 36.6. The average molecular weight is 675 g/mol. The number of nitrogens with zero attached hydrogens (tertiary/aromatic N) is 8. The maximum absolute atomic E-state index is 16.0. The van der Waals surface area contributed by atoms with Crippen LogP contribution < -0.4 is 11.5 Å². The lowest BCUT2D eigenvalue weighted by molar-refractivity contribution is -0.0600. The molecule has 10 atom stereocenters. The number of anilines is 2. The van der Waals surface area contributed by atoms with Crippen molar-refractivity contribution in [2.45, 2.75) is 49.1 Å². The molecule has 4 aromatic rings. The van der Waals surface area contributed by atoms with E-state index in [0.29, 0.717) is 11.2 Å².